The number of anilines is 1. The third-order valence-corrected chi connectivity index (χ3v) is 6.13. The van der Waals surface area contributed by atoms with E-state index in [2.05, 4.69) is 5.32 Å². The summed E-state index contributed by atoms with van der Waals surface area (Å²) in [6.07, 6.45) is 0. The number of nitrogens with one attached hydrogen (secondary N) is 1. The molecule has 0 atom stereocenters. The number of benzene rings is 4. The SMILES string of the molecule is O=C(Nc1ccccc1F)c1c(-c2ccccc2)c2cc(Cl)ccc2n(Cc2ccc(F)cc2)c1=O. The minimum atomic E-state index is -0.751. The quantitative estimate of drug-likeness (QED) is 0.285. The van der Waals surface area contributed by atoms with Crippen molar-refractivity contribution in [1.29, 1.82) is 0 Å². The number of carbonyl (C=O) groups excluding carboxylic acids is 1. The monoisotopic (exact) mass is 500 g/mol. The van der Waals surface area contributed by atoms with Gasteiger partial charge in [0.05, 0.1) is 17.7 Å². The van der Waals surface area contributed by atoms with Gasteiger partial charge in [-0.2, -0.15) is 0 Å². The zero-order chi connectivity index (χ0) is 25.2. The Bertz CT molecular complexity index is 1650. The van der Waals surface area contributed by atoms with Crippen molar-refractivity contribution in [3.8, 4) is 11.1 Å². The normalized spacial score (nSPS) is 11.0. The van der Waals surface area contributed by atoms with Crippen LogP contribution >= 0.6 is 11.6 Å². The van der Waals surface area contributed by atoms with E-state index in [1.54, 1.807) is 60.7 Å². The van der Waals surface area contributed by atoms with Crippen molar-refractivity contribution in [1.82, 2.24) is 4.57 Å². The Balaban J connectivity index is 1.80. The van der Waals surface area contributed by atoms with E-state index >= 15 is 0 Å². The molecule has 0 aliphatic heterocycles. The van der Waals surface area contributed by atoms with Crippen LogP contribution in [0.25, 0.3) is 22.0 Å². The van der Waals surface area contributed by atoms with Crippen molar-refractivity contribution in [3.63, 3.8) is 0 Å². The predicted molar refractivity (Wildman–Crippen MR) is 139 cm³/mol. The topological polar surface area (TPSA) is 51.1 Å². The molecule has 1 aromatic heterocycles. The molecule has 1 amide bonds. The molecule has 1 N–H and O–H groups in total. The second kappa shape index (κ2) is 9.76. The standard InChI is InChI=1S/C29H19ClF2N2O2/c30-20-12-15-25-22(16-20)26(19-6-2-1-3-7-19)27(28(35)33-24-9-5-4-8-23(24)32)29(36)34(25)17-18-10-13-21(31)14-11-18/h1-16H,17H2,(H,33,35). The third kappa shape index (κ3) is 4.51. The molecule has 0 radical (unpaired) electrons. The van der Waals surface area contributed by atoms with Crippen LogP contribution in [-0.2, 0) is 6.54 Å². The van der Waals surface area contributed by atoms with Crippen LogP contribution in [0, 0.1) is 11.6 Å². The Labute approximate surface area is 210 Å². The first-order valence-corrected chi connectivity index (χ1v) is 11.5. The van der Waals surface area contributed by atoms with Gasteiger partial charge in [-0.25, -0.2) is 8.78 Å². The molecule has 5 aromatic rings. The number of hydrogen-bond acceptors (Lipinski definition) is 2. The average molecular weight is 501 g/mol. The second-order valence-corrected chi connectivity index (χ2v) is 8.67. The van der Waals surface area contributed by atoms with E-state index in [-0.39, 0.29) is 17.8 Å². The summed E-state index contributed by atoms with van der Waals surface area (Å²) in [5.74, 6) is -1.77. The van der Waals surface area contributed by atoms with Crippen molar-refractivity contribution in [2.24, 2.45) is 0 Å². The lowest BCUT2D eigenvalue weighted by molar-refractivity contribution is 0.102. The molecule has 1 heterocycles. The third-order valence-electron chi connectivity index (χ3n) is 5.89. The molecular formula is C29H19ClF2N2O2. The molecule has 4 aromatic carbocycles. The number of halogens is 3. The van der Waals surface area contributed by atoms with Gasteiger partial charge in [-0.05, 0) is 53.6 Å². The zero-order valence-corrected chi connectivity index (χ0v) is 19.6. The molecule has 178 valence electrons. The maximum absolute atomic E-state index is 14.3. The number of fused-ring (bicyclic) bond motifs is 1. The van der Waals surface area contributed by atoms with Crippen molar-refractivity contribution < 1.29 is 13.6 Å². The van der Waals surface area contributed by atoms with E-state index in [0.29, 0.717) is 32.6 Å². The first kappa shape index (κ1) is 23.5. The highest BCUT2D eigenvalue weighted by Crippen LogP contribution is 2.33. The summed E-state index contributed by atoms with van der Waals surface area (Å²) in [5, 5.41) is 3.55. The molecule has 0 aliphatic rings. The van der Waals surface area contributed by atoms with E-state index < -0.39 is 23.1 Å². The van der Waals surface area contributed by atoms with E-state index in [4.69, 9.17) is 11.6 Å². The number of nitrogens with zero attached hydrogens (tertiary/aromatic N) is 1. The smallest absolute Gasteiger partial charge is 0.264 e. The van der Waals surface area contributed by atoms with E-state index in [1.807, 2.05) is 6.07 Å². The summed E-state index contributed by atoms with van der Waals surface area (Å²) in [6.45, 7) is 0.0896. The largest absolute Gasteiger partial charge is 0.319 e. The second-order valence-electron chi connectivity index (χ2n) is 8.23. The molecule has 36 heavy (non-hydrogen) atoms. The molecular weight excluding hydrogens is 482 g/mol. The summed E-state index contributed by atoms with van der Waals surface area (Å²) in [6, 6.07) is 25.6. The highest BCUT2D eigenvalue weighted by Gasteiger charge is 2.24. The van der Waals surface area contributed by atoms with Crippen LogP contribution in [-0.4, -0.2) is 10.5 Å². The summed E-state index contributed by atoms with van der Waals surface area (Å²) >= 11 is 6.35. The highest BCUT2D eigenvalue weighted by atomic mass is 35.5. The first-order valence-electron chi connectivity index (χ1n) is 11.1. The molecule has 0 bridgehead atoms. The van der Waals surface area contributed by atoms with Crippen molar-refractivity contribution in [3.05, 3.63) is 135 Å². The van der Waals surface area contributed by atoms with Gasteiger partial charge in [0.25, 0.3) is 11.5 Å². The Morgan fingerprint density at radius 1 is 0.861 bits per heavy atom. The molecule has 0 fully saturated rings. The highest BCUT2D eigenvalue weighted by molar-refractivity contribution is 6.31. The molecule has 7 heteroatoms. The van der Waals surface area contributed by atoms with Crippen LogP contribution in [0.1, 0.15) is 15.9 Å². The fraction of sp³-hybridized carbons (Fsp3) is 0.0345. The Morgan fingerprint density at radius 3 is 2.28 bits per heavy atom. The fourth-order valence-electron chi connectivity index (χ4n) is 4.22. The number of rotatable bonds is 5. The summed E-state index contributed by atoms with van der Waals surface area (Å²) in [4.78, 5) is 27.5. The van der Waals surface area contributed by atoms with Gasteiger partial charge in [0, 0.05) is 16.0 Å². The number of aromatic nitrogens is 1. The van der Waals surface area contributed by atoms with Crippen LogP contribution in [0.15, 0.2) is 102 Å². The minimum Gasteiger partial charge on any atom is -0.319 e. The molecule has 0 aliphatic carbocycles. The summed E-state index contributed by atoms with van der Waals surface area (Å²) in [5.41, 5.74) is 1.48. The van der Waals surface area contributed by atoms with Gasteiger partial charge in [0.1, 0.15) is 17.2 Å². The van der Waals surface area contributed by atoms with Gasteiger partial charge in [-0.15, -0.1) is 0 Å². The number of pyridine rings is 1. The van der Waals surface area contributed by atoms with E-state index in [0.717, 1.165) is 0 Å². The molecule has 5 rings (SSSR count). The molecule has 0 spiro atoms. The van der Waals surface area contributed by atoms with Crippen LogP contribution in [0.5, 0.6) is 0 Å². The average Bonchev–Trinajstić information content (AvgIpc) is 2.88. The maximum atomic E-state index is 14.3. The fourth-order valence-corrected chi connectivity index (χ4v) is 4.39. The van der Waals surface area contributed by atoms with Crippen LogP contribution < -0.4 is 10.9 Å². The van der Waals surface area contributed by atoms with Gasteiger partial charge in [0.15, 0.2) is 0 Å². The van der Waals surface area contributed by atoms with Crippen LogP contribution in [0.2, 0.25) is 5.02 Å². The number of carbonyl (C=O) groups is 1. The van der Waals surface area contributed by atoms with Crippen molar-refractivity contribution >= 4 is 34.1 Å². The maximum Gasteiger partial charge on any atom is 0.264 e. The Hall–Kier alpha value is -4.29. The molecule has 0 saturated carbocycles. The lowest BCUT2D eigenvalue weighted by Crippen LogP contribution is -2.31. The molecule has 0 unspecified atom stereocenters. The van der Waals surface area contributed by atoms with E-state index in [9.17, 15) is 18.4 Å². The predicted octanol–water partition coefficient (Wildman–Crippen LogP) is 6.90. The lowest BCUT2D eigenvalue weighted by Gasteiger charge is -2.19. The van der Waals surface area contributed by atoms with Gasteiger partial charge < -0.3 is 9.88 Å². The van der Waals surface area contributed by atoms with E-state index in [1.165, 1.54) is 34.9 Å². The summed E-state index contributed by atoms with van der Waals surface area (Å²) in [7, 11) is 0. The Kier molecular flexibility index (Phi) is 6.36. The number of hydrogen-bond donors (Lipinski definition) is 1. The van der Waals surface area contributed by atoms with Gasteiger partial charge in [-0.1, -0.05) is 66.2 Å². The van der Waals surface area contributed by atoms with Crippen molar-refractivity contribution in [2.45, 2.75) is 6.54 Å². The van der Waals surface area contributed by atoms with Gasteiger partial charge >= 0.3 is 0 Å². The zero-order valence-electron chi connectivity index (χ0n) is 18.8. The summed E-state index contributed by atoms with van der Waals surface area (Å²) < 4.78 is 29.3. The van der Waals surface area contributed by atoms with Crippen LogP contribution in [0.4, 0.5) is 14.5 Å². The van der Waals surface area contributed by atoms with Gasteiger partial charge in [-0.3, -0.25) is 9.59 Å². The van der Waals surface area contributed by atoms with Gasteiger partial charge in [0.2, 0.25) is 0 Å². The Morgan fingerprint density at radius 2 is 1.56 bits per heavy atom. The minimum absolute atomic E-state index is 0.0443. The molecule has 0 saturated heterocycles. The van der Waals surface area contributed by atoms with Crippen LogP contribution in [0.3, 0.4) is 0 Å². The first-order chi connectivity index (χ1) is 17.4. The number of amides is 1. The molecule has 4 nitrogen and oxygen atoms in total. The number of para-hydroxylation sites is 1. The lowest BCUT2D eigenvalue weighted by atomic mass is 9.95. The van der Waals surface area contributed by atoms with Crippen molar-refractivity contribution in [2.75, 3.05) is 5.32 Å².